The Morgan fingerprint density at radius 1 is 0.388 bits per heavy atom. The predicted octanol–water partition coefficient (Wildman–Crippen LogP) is 11.1. The topological polar surface area (TPSA) is 51.6 Å². The van der Waals surface area contributed by atoms with E-state index in [0.717, 1.165) is 22.3 Å². The third kappa shape index (κ3) is 5.01. The number of benzene rings is 6. The van der Waals surface area contributed by atoms with Gasteiger partial charge >= 0.3 is 0 Å². The van der Waals surface area contributed by atoms with Crippen molar-refractivity contribution in [2.45, 2.75) is 19.3 Å². The van der Waals surface area contributed by atoms with Gasteiger partial charge in [0.05, 0.1) is 0 Å². The fraction of sp³-hybridized carbons (Fsp3) is 0.0667. The number of nitrogens with zero attached hydrogens (tertiary/aromatic N) is 4. The first-order valence-corrected chi connectivity index (χ1v) is 16.6. The van der Waals surface area contributed by atoms with Gasteiger partial charge in [0.25, 0.3) is 0 Å². The van der Waals surface area contributed by atoms with Crippen molar-refractivity contribution < 1.29 is 0 Å². The third-order valence-electron chi connectivity index (χ3n) is 9.82. The second-order valence-corrected chi connectivity index (χ2v) is 13.2. The van der Waals surface area contributed by atoms with Crippen LogP contribution in [0.15, 0.2) is 158 Å². The van der Waals surface area contributed by atoms with Gasteiger partial charge in [0.15, 0.2) is 17.5 Å². The minimum Gasteiger partial charge on any atom is -0.265 e. The van der Waals surface area contributed by atoms with Crippen LogP contribution in [0.25, 0.3) is 78.3 Å². The first-order chi connectivity index (χ1) is 24.0. The molecule has 4 nitrogen and oxygen atoms in total. The summed E-state index contributed by atoms with van der Waals surface area (Å²) in [5.74, 6) is 1.88. The van der Waals surface area contributed by atoms with E-state index in [1.807, 2.05) is 42.5 Å². The molecular formula is C45H32N4. The Bertz CT molecular complexity index is 2460. The first-order valence-electron chi connectivity index (χ1n) is 16.6. The van der Waals surface area contributed by atoms with Gasteiger partial charge < -0.3 is 0 Å². The summed E-state index contributed by atoms with van der Waals surface area (Å²) in [4.78, 5) is 19.0. The van der Waals surface area contributed by atoms with E-state index in [-0.39, 0.29) is 5.41 Å². The molecule has 4 heteroatoms. The highest BCUT2D eigenvalue weighted by Crippen LogP contribution is 2.49. The molecule has 9 rings (SSSR count). The lowest BCUT2D eigenvalue weighted by molar-refractivity contribution is 0.660. The van der Waals surface area contributed by atoms with Crippen molar-refractivity contribution in [3.05, 3.63) is 169 Å². The quantitative estimate of drug-likeness (QED) is 0.190. The van der Waals surface area contributed by atoms with Crippen LogP contribution in [0.3, 0.4) is 0 Å². The van der Waals surface area contributed by atoms with E-state index < -0.39 is 0 Å². The van der Waals surface area contributed by atoms with Crippen molar-refractivity contribution in [1.29, 1.82) is 0 Å². The summed E-state index contributed by atoms with van der Waals surface area (Å²) in [7, 11) is 0. The second-order valence-electron chi connectivity index (χ2n) is 13.2. The van der Waals surface area contributed by atoms with Crippen molar-refractivity contribution in [3.63, 3.8) is 0 Å². The van der Waals surface area contributed by atoms with E-state index in [1.165, 1.54) is 49.7 Å². The molecule has 1 aliphatic carbocycles. The fourth-order valence-electron chi connectivity index (χ4n) is 7.28. The summed E-state index contributed by atoms with van der Waals surface area (Å²) < 4.78 is 0. The van der Waals surface area contributed by atoms with E-state index >= 15 is 0 Å². The minimum atomic E-state index is -0.0613. The number of hydrogen-bond acceptors (Lipinski definition) is 4. The summed E-state index contributed by atoms with van der Waals surface area (Å²) in [6.07, 6.45) is 3.53. The van der Waals surface area contributed by atoms with E-state index in [0.29, 0.717) is 17.5 Å². The molecule has 49 heavy (non-hydrogen) atoms. The van der Waals surface area contributed by atoms with E-state index in [9.17, 15) is 0 Å². The van der Waals surface area contributed by atoms with Gasteiger partial charge in [0, 0.05) is 34.5 Å². The van der Waals surface area contributed by atoms with Crippen molar-refractivity contribution in [1.82, 2.24) is 19.9 Å². The van der Waals surface area contributed by atoms with Gasteiger partial charge in [-0.15, -0.1) is 0 Å². The number of fused-ring (bicyclic) bond motifs is 4. The van der Waals surface area contributed by atoms with Crippen LogP contribution in [-0.4, -0.2) is 19.9 Å². The molecule has 0 unspecified atom stereocenters. The number of aromatic nitrogens is 4. The molecule has 2 heterocycles. The van der Waals surface area contributed by atoms with Gasteiger partial charge in [-0.25, -0.2) is 15.0 Å². The van der Waals surface area contributed by atoms with Crippen LogP contribution in [-0.2, 0) is 5.41 Å². The van der Waals surface area contributed by atoms with Gasteiger partial charge in [0.1, 0.15) is 0 Å². The smallest absolute Gasteiger partial charge is 0.164 e. The Morgan fingerprint density at radius 3 is 1.84 bits per heavy atom. The lowest BCUT2D eigenvalue weighted by atomic mass is 9.81. The molecule has 232 valence electrons. The van der Waals surface area contributed by atoms with Gasteiger partial charge in [-0.3, -0.25) is 4.98 Å². The van der Waals surface area contributed by atoms with Crippen molar-refractivity contribution >= 4 is 10.8 Å². The summed E-state index contributed by atoms with van der Waals surface area (Å²) in [6.45, 7) is 4.67. The Hall–Kier alpha value is -6.26. The maximum Gasteiger partial charge on any atom is 0.164 e. The average molecular weight is 629 g/mol. The van der Waals surface area contributed by atoms with Crippen LogP contribution >= 0.6 is 0 Å². The molecule has 0 N–H and O–H groups in total. The molecule has 0 saturated heterocycles. The number of rotatable bonds is 5. The lowest BCUT2D eigenvalue weighted by Gasteiger charge is -2.22. The molecule has 0 fully saturated rings. The van der Waals surface area contributed by atoms with E-state index in [2.05, 4.69) is 122 Å². The maximum atomic E-state index is 4.99. The molecule has 0 bridgehead atoms. The Labute approximate surface area is 285 Å². The van der Waals surface area contributed by atoms with Gasteiger partial charge in [-0.1, -0.05) is 123 Å². The molecule has 0 radical (unpaired) electrons. The lowest BCUT2D eigenvalue weighted by Crippen LogP contribution is -2.14. The largest absolute Gasteiger partial charge is 0.265 e. The second kappa shape index (κ2) is 11.5. The zero-order chi connectivity index (χ0) is 33.0. The highest BCUT2D eigenvalue weighted by atomic mass is 15.0. The molecular weight excluding hydrogens is 597 g/mol. The Morgan fingerprint density at radius 2 is 1.02 bits per heavy atom. The van der Waals surface area contributed by atoms with Crippen molar-refractivity contribution in [2.24, 2.45) is 0 Å². The van der Waals surface area contributed by atoms with Crippen LogP contribution in [0.2, 0.25) is 0 Å². The van der Waals surface area contributed by atoms with Crippen LogP contribution in [0.5, 0.6) is 0 Å². The van der Waals surface area contributed by atoms with Gasteiger partial charge in [-0.05, 0) is 91.7 Å². The third-order valence-corrected chi connectivity index (χ3v) is 9.82. The number of pyridine rings is 1. The van der Waals surface area contributed by atoms with Crippen molar-refractivity contribution in [2.75, 3.05) is 0 Å². The molecule has 0 spiro atoms. The normalized spacial score (nSPS) is 12.9. The van der Waals surface area contributed by atoms with Crippen LogP contribution < -0.4 is 0 Å². The summed E-state index contributed by atoms with van der Waals surface area (Å²) >= 11 is 0. The molecule has 2 aromatic heterocycles. The number of hydrogen-bond donors (Lipinski definition) is 0. The SMILES string of the molecule is CC1(C)c2ccccc2-c2ccc(-c3cc(-c4cccc(-c5nc(-c6ccccc6)nc(-c6ccncc6)n5)c4)c4ccccc4c3)cc21. The van der Waals surface area contributed by atoms with Gasteiger partial charge in [0.2, 0.25) is 0 Å². The Kier molecular flexibility index (Phi) is 6.77. The summed E-state index contributed by atoms with van der Waals surface area (Å²) in [5.41, 5.74) is 12.8. The summed E-state index contributed by atoms with van der Waals surface area (Å²) in [6, 6.07) is 51.6. The highest BCUT2D eigenvalue weighted by molar-refractivity contribution is 6.01. The van der Waals surface area contributed by atoms with Crippen LogP contribution in [0.1, 0.15) is 25.0 Å². The highest BCUT2D eigenvalue weighted by Gasteiger charge is 2.35. The Balaban J connectivity index is 1.18. The van der Waals surface area contributed by atoms with Crippen LogP contribution in [0, 0.1) is 0 Å². The monoisotopic (exact) mass is 628 g/mol. The van der Waals surface area contributed by atoms with E-state index in [1.54, 1.807) is 12.4 Å². The maximum absolute atomic E-state index is 4.99. The standard InChI is InChI=1S/C45H32N4/c1-45(2)40-18-9-8-17-37(40)38-20-19-31(28-41(38)45)35-26-32-13-6-7-16-36(32)39(27-35)33-14-10-15-34(25-33)44-48-42(29-11-4-3-5-12-29)47-43(49-44)30-21-23-46-24-22-30/h3-28H,1-2H3. The minimum absolute atomic E-state index is 0.0613. The predicted molar refractivity (Wildman–Crippen MR) is 200 cm³/mol. The molecule has 8 aromatic rings. The van der Waals surface area contributed by atoms with E-state index in [4.69, 9.17) is 15.0 Å². The van der Waals surface area contributed by atoms with Crippen molar-refractivity contribution in [3.8, 4) is 67.5 Å². The molecule has 0 aliphatic heterocycles. The zero-order valence-corrected chi connectivity index (χ0v) is 27.3. The van der Waals surface area contributed by atoms with Crippen LogP contribution in [0.4, 0.5) is 0 Å². The average Bonchev–Trinajstić information content (AvgIpc) is 3.40. The zero-order valence-electron chi connectivity index (χ0n) is 27.3. The molecule has 0 saturated carbocycles. The molecule has 0 atom stereocenters. The molecule has 1 aliphatic rings. The fourth-order valence-corrected chi connectivity index (χ4v) is 7.28. The first kappa shape index (κ1) is 28.9. The molecule has 0 amide bonds. The summed E-state index contributed by atoms with van der Waals surface area (Å²) in [5, 5.41) is 2.41. The van der Waals surface area contributed by atoms with Gasteiger partial charge in [-0.2, -0.15) is 0 Å². The molecule has 6 aromatic carbocycles.